The van der Waals surface area contributed by atoms with E-state index < -0.39 is 11.8 Å². The Bertz CT molecular complexity index is 889. The third-order valence-corrected chi connectivity index (χ3v) is 4.25. The summed E-state index contributed by atoms with van der Waals surface area (Å²) in [6.45, 7) is 3.74. The minimum absolute atomic E-state index is 0.0507. The molecule has 3 N–H and O–H groups in total. The van der Waals surface area contributed by atoms with Crippen LogP contribution in [0.1, 0.15) is 34.6 Å². The van der Waals surface area contributed by atoms with Gasteiger partial charge in [0, 0.05) is 5.56 Å². The number of thiocarbonyl (C=S) groups is 1. The maximum Gasteiger partial charge on any atom is 0.269 e. The highest BCUT2D eigenvalue weighted by Gasteiger charge is 2.15. The van der Waals surface area contributed by atoms with E-state index in [9.17, 15) is 9.59 Å². The van der Waals surface area contributed by atoms with E-state index in [-0.39, 0.29) is 11.2 Å². The quantitative estimate of drug-likeness (QED) is 0.464. The minimum atomic E-state index is -0.449. The Morgan fingerprint density at radius 1 is 1.04 bits per heavy atom. The second-order valence-electron chi connectivity index (χ2n) is 5.87. The molecule has 0 saturated heterocycles. The number of carbonyl (C=O) groups is 2. The van der Waals surface area contributed by atoms with Crippen molar-refractivity contribution in [2.24, 2.45) is 0 Å². The SMILES string of the molecule is COc1ccc(C(=O)NNC(=S)NC(=O)c2ccccc2OC(C)C)cc1Br. The van der Waals surface area contributed by atoms with E-state index in [1.165, 1.54) is 7.11 Å². The molecule has 0 spiro atoms. The van der Waals surface area contributed by atoms with Gasteiger partial charge in [-0.3, -0.25) is 25.8 Å². The third-order valence-electron chi connectivity index (χ3n) is 3.42. The number of hydrogen-bond acceptors (Lipinski definition) is 5. The van der Waals surface area contributed by atoms with Crippen LogP contribution in [0.25, 0.3) is 0 Å². The molecule has 0 aliphatic heterocycles. The molecule has 2 aromatic rings. The molecule has 148 valence electrons. The summed E-state index contributed by atoms with van der Waals surface area (Å²) < 4.78 is 11.4. The number of hydrogen-bond donors (Lipinski definition) is 3. The minimum Gasteiger partial charge on any atom is -0.496 e. The van der Waals surface area contributed by atoms with Gasteiger partial charge in [0.25, 0.3) is 11.8 Å². The summed E-state index contributed by atoms with van der Waals surface area (Å²) in [6.07, 6.45) is -0.0814. The summed E-state index contributed by atoms with van der Waals surface area (Å²) in [6, 6.07) is 11.7. The zero-order valence-electron chi connectivity index (χ0n) is 15.5. The maximum absolute atomic E-state index is 12.4. The summed E-state index contributed by atoms with van der Waals surface area (Å²) >= 11 is 8.38. The number of benzene rings is 2. The lowest BCUT2D eigenvalue weighted by atomic mass is 10.2. The van der Waals surface area contributed by atoms with Crippen LogP contribution >= 0.6 is 28.1 Å². The van der Waals surface area contributed by atoms with Gasteiger partial charge in [-0.05, 0) is 72.3 Å². The first kappa shape index (κ1) is 21.6. The number of hydrazine groups is 1. The Balaban J connectivity index is 1.94. The van der Waals surface area contributed by atoms with Crippen molar-refractivity contribution in [3.63, 3.8) is 0 Å². The van der Waals surface area contributed by atoms with Crippen LogP contribution in [0, 0.1) is 0 Å². The van der Waals surface area contributed by atoms with E-state index in [1.54, 1.807) is 42.5 Å². The predicted molar refractivity (Wildman–Crippen MR) is 114 cm³/mol. The molecule has 2 amide bonds. The van der Waals surface area contributed by atoms with E-state index in [0.717, 1.165) is 0 Å². The van der Waals surface area contributed by atoms with E-state index in [4.69, 9.17) is 21.7 Å². The molecule has 0 unspecified atom stereocenters. The first-order chi connectivity index (χ1) is 13.3. The zero-order chi connectivity index (χ0) is 20.7. The van der Waals surface area contributed by atoms with Crippen LogP contribution in [-0.4, -0.2) is 30.1 Å². The Labute approximate surface area is 176 Å². The second kappa shape index (κ2) is 10.0. The molecule has 0 radical (unpaired) electrons. The number of halogens is 1. The van der Waals surface area contributed by atoms with Crippen molar-refractivity contribution in [2.45, 2.75) is 20.0 Å². The molecule has 28 heavy (non-hydrogen) atoms. The highest BCUT2D eigenvalue weighted by molar-refractivity contribution is 9.10. The Morgan fingerprint density at radius 2 is 1.75 bits per heavy atom. The van der Waals surface area contributed by atoms with Gasteiger partial charge < -0.3 is 9.47 Å². The molecule has 2 rings (SSSR count). The van der Waals surface area contributed by atoms with Gasteiger partial charge in [0.1, 0.15) is 11.5 Å². The van der Waals surface area contributed by atoms with Gasteiger partial charge in [0.2, 0.25) is 0 Å². The number of rotatable bonds is 5. The fraction of sp³-hybridized carbons (Fsp3) is 0.211. The first-order valence-electron chi connectivity index (χ1n) is 8.32. The largest absolute Gasteiger partial charge is 0.496 e. The Morgan fingerprint density at radius 3 is 2.39 bits per heavy atom. The van der Waals surface area contributed by atoms with Gasteiger partial charge in [-0.15, -0.1) is 0 Å². The highest BCUT2D eigenvalue weighted by atomic mass is 79.9. The van der Waals surface area contributed by atoms with E-state index in [1.807, 2.05) is 13.8 Å². The van der Waals surface area contributed by atoms with Crippen molar-refractivity contribution in [3.8, 4) is 11.5 Å². The first-order valence-corrected chi connectivity index (χ1v) is 9.52. The van der Waals surface area contributed by atoms with Crippen LogP contribution < -0.4 is 25.6 Å². The van der Waals surface area contributed by atoms with Gasteiger partial charge in [-0.2, -0.15) is 0 Å². The summed E-state index contributed by atoms with van der Waals surface area (Å²) in [5.74, 6) is 0.179. The molecule has 0 aromatic heterocycles. The van der Waals surface area contributed by atoms with E-state index in [2.05, 4.69) is 32.1 Å². The smallest absolute Gasteiger partial charge is 0.269 e. The van der Waals surface area contributed by atoms with Crippen LogP contribution in [0.2, 0.25) is 0 Å². The highest BCUT2D eigenvalue weighted by Crippen LogP contribution is 2.25. The average molecular weight is 466 g/mol. The van der Waals surface area contributed by atoms with Crippen molar-refractivity contribution in [3.05, 3.63) is 58.1 Å². The number of carbonyl (C=O) groups excluding carboxylic acids is 2. The molecule has 0 saturated carbocycles. The van der Waals surface area contributed by atoms with Gasteiger partial charge >= 0.3 is 0 Å². The predicted octanol–water partition coefficient (Wildman–Crippen LogP) is 3.19. The van der Waals surface area contributed by atoms with Gasteiger partial charge in [-0.1, -0.05) is 12.1 Å². The molecular formula is C19H20BrN3O4S. The van der Waals surface area contributed by atoms with Gasteiger partial charge in [0.15, 0.2) is 5.11 Å². The van der Waals surface area contributed by atoms with E-state index >= 15 is 0 Å². The summed E-state index contributed by atoms with van der Waals surface area (Å²) in [5.41, 5.74) is 5.65. The number of methoxy groups -OCH3 is 1. The van der Waals surface area contributed by atoms with Gasteiger partial charge in [-0.25, -0.2) is 0 Å². The van der Waals surface area contributed by atoms with Gasteiger partial charge in [0.05, 0.1) is 23.2 Å². The lowest BCUT2D eigenvalue weighted by Crippen LogP contribution is -2.48. The molecule has 0 aliphatic rings. The topological polar surface area (TPSA) is 88.7 Å². The summed E-state index contributed by atoms with van der Waals surface area (Å²) in [7, 11) is 1.53. The summed E-state index contributed by atoms with van der Waals surface area (Å²) in [5, 5.41) is 2.45. The number of ether oxygens (including phenoxy) is 2. The van der Waals surface area contributed by atoms with Crippen LogP contribution in [0.15, 0.2) is 46.9 Å². The Hall–Kier alpha value is -2.65. The van der Waals surface area contributed by atoms with Crippen molar-refractivity contribution in [1.82, 2.24) is 16.2 Å². The number of nitrogens with one attached hydrogen (secondary N) is 3. The van der Waals surface area contributed by atoms with Crippen molar-refractivity contribution < 1.29 is 19.1 Å². The van der Waals surface area contributed by atoms with E-state index in [0.29, 0.717) is 27.1 Å². The zero-order valence-corrected chi connectivity index (χ0v) is 17.9. The standard InChI is InChI=1S/C19H20BrN3O4S/c1-11(2)27-15-7-5-4-6-13(15)18(25)21-19(28)23-22-17(24)12-8-9-16(26-3)14(20)10-12/h4-11H,1-3H3,(H,22,24)(H2,21,23,25,28). The fourth-order valence-electron chi connectivity index (χ4n) is 2.21. The molecular weight excluding hydrogens is 446 g/mol. The van der Waals surface area contributed by atoms with Crippen molar-refractivity contribution >= 4 is 45.1 Å². The van der Waals surface area contributed by atoms with Crippen molar-refractivity contribution in [1.29, 1.82) is 0 Å². The molecule has 0 bridgehead atoms. The molecule has 7 nitrogen and oxygen atoms in total. The monoisotopic (exact) mass is 465 g/mol. The molecule has 2 aromatic carbocycles. The Kier molecular flexibility index (Phi) is 7.77. The molecule has 9 heteroatoms. The number of para-hydroxylation sites is 1. The van der Waals surface area contributed by atoms with Crippen LogP contribution in [0.4, 0.5) is 0 Å². The average Bonchev–Trinajstić information content (AvgIpc) is 2.65. The molecule has 0 atom stereocenters. The lowest BCUT2D eigenvalue weighted by Gasteiger charge is -2.15. The normalized spacial score (nSPS) is 10.2. The third kappa shape index (κ3) is 5.93. The molecule has 0 fully saturated rings. The maximum atomic E-state index is 12.4. The summed E-state index contributed by atoms with van der Waals surface area (Å²) in [4.78, 5) is 24.6. The molecule has 0 aliphatic carbocycles. The second-order valence-corrected chi connectivity index (χ2v) is 7.14. The lowest BCUT2D eigenvalue weighted by molar-refractivity contribution is 0.0933. The van der Waals surface area contributed by atoms with Crippen molar-refractivity contribution in [2.75, 3.05) is 7.11 Å². The molecule has 0 heterocycles. The van der Waals surface area contributed by atoms with Crippen LogP contribution in [0.5, 0.6) is 11.5 Å². The number of amides is 2. The fourth-order valence-corrected chi connectivity index (χ4v) is 2.89. The van der Waals surface area contributed by atoms with Crippen LogP contribution in [0.3, 0.4) is 0 Å². The van der Waals surface area contributed by atoms with Crippen LogP contribution in [-0.2, 0) is 0 Å².